The zero-order valence-corrected chi connectivity index (χ0v) is 7.21. The summed E-state index contributed by atoms with van der Waals surface area (Å²) in [6, 6.07) is 6.00. The molecule has 1 aromatic rings. The standard InChI is InChI=1S/C9H12O4/c1-6(10)9(12)13-8-4-2-3-7(11)5-8/h2-6,9-12H,1H3. The lowest BCUT2D eigenvalue weighted by atomic mass is 10.3. The van der Waals surface area contributed by atoms with Crippen molar-refractivity contribution in [3.05, 3.63) is 24.3 Å². The van der Waals surface area contributed by atoms with E-state index in [2.05, 4.69) is 0 Å². The number of phenols is 1. The number of rotatable bonds is 3. The van der Waals surface area contributed by atoms with E-state index in [1.165, 1.54) is 19.1 Å². The minimum Gasteiger partial charge on any atom is -0.508 e. The zero-order valence-electron chi connectivity index (χ0n) is 7.21. The summed E-state index contributed by atoms with van der Waals surface area (Å²) in [6.45, 7) is 1.41. The van der Waals surface area contributed by atoms with Gasteiger partial charge < -0.3 is 20.1 Å². The monoisotopic (exact) mass is 184 g/mol. The van der Waals surface area contributed by atoms with Crippen molar-refractivity contribution in [2.45, 2.75) is 19.3 Å². The van der Waals surface area contributed by atoms with Crippen molar-refractivity contribution in [1.82, 2.24) is 0 Å². The van der Waals surface area contributed by atoms with Crippen molar-refractivity contribution >= 4 is 0 Å². The SMILES string of the molecule is CC(O)C(O)Oc1cccc(O)c1. The van der Waals surface area contributed by atoms with Crippen LogP contribution in [-0.4, -0.2) is 27.7 Å². The third-order valence-electron chi connectivity index (χ3n) is 1.49. The van der Waals surface area contributed by atoms with Crippen LogP contribution < -0.4 is 4.74 Å². The number of aliphatic hydroxyl groups is 2. The van der Waals surface area contributed by atoms with Gasteiger partial charge in [0, 0.05) is 6.07 Å². The predicted molar refractivity (Wildman–Crippen MR) is 46.4 cm³/mol. The number of aromatic hydroxyl groups is 1. The summed E-state index contributed by atoms with van der Waals surface area (Å²) in [6.07, 6.45) is -2.25. The first-order valence-electron chi connectivity index (χ1n) is 3.91. The van der Waals surface area contributed by atoms with E-state index in [1.54, 1.807) is 12.1 Å². The van der Waals surface area contributed by atoms with Gasteiger partial charge in [-0.15, -0.1) is 0 Å². The molecule has 0 amide bonds. The van der Waals surface area contributed by atoms with Gasteiger partial charge in [0.25, 0.3) is 0 Å². The molecule has 72 valence electrons. The van der Waals surface area contributed by atoms with E-state index in [4.69, 9.17) is 20.1 Å². The maximum atomic E-state index is 9.12. The number of hydrogen-bond donors (Lipinski definition) is 3. The highest BCUT2D eigenvalue weighted by Gasteiger charge is 2.12. The van der Waals surface area contributed by atoms with E-state index in [-0.39, 0.29) is 5.75 Å². The van der Waals surface area contributed by atoms with Gasteiger partial charge in [0.1, 0.15) is 17.6 Å². The van der Waals surface area contributed by atoms with Gasteiger partial charge in [-0.2, -0.15) is 0 Å². The van der Waals surface area contributed by atoms with E-state index in [9.17, 15) is 0 Å². The topological polar surface area (TPSA) is 69.9 Å². The van der Waals surface area contributed by atoms with E-state index in [1.807, 2.05) is 0 Å². The molecule has 0 spiro atoms. The van der Waals surface area contributed by atoms with Crippen molar-refractivity contribution in [1.29, 1.82) is 0 Å². The Hall–Kier alpha value is -1.26. The second kappa shape index (κ2) is 4.11. The summed E-state index contributed by atoms with van der Waals surface area (Å²) in [5.41, 5.74) is 0. The molecule has 0 aliphatic heterocycles. The summed E-state index contributed by atoms with van der Waals surface area (Å²) < 4.78 is 4.90. The maximum absolute atomic E-state index is 9.12. The van der Waals surface area contributed by atoms with E-state index in [0.717, 1.165) is 0 Å². The molecule has 4 heteroatoms. The number of phenolic OH excluding ortho intramolecular Hbond substituents is 1. The molecule has 0 saturated heterocycles. The first kappa shape index (κ1) is 9.83. The second-order valence-electron chi connectivity index (χ2n) is 2.75. The molecule has 2 atom stereocenters. The van der Waals surface area contributed by atoms with Crippen LogP contribution >= 0.6 is 0 Å². The lowest BCUT2D eigenvalue weighted by Gasteiger charge is -2.15. The normalized spacial score (nSPS) is 15.0. The molecular formula is C9H12O4. The second-order valence-corrected chi connectivity index (χ2v) is 2.75. The average Bonchev–Trinajstić information content (AvgIpc) is 2.04. The molecule has 1 rings (SSSR count). The Bertz CT molecular complexity index is 272. The molecule has 0 fully saturated rings. The van der Waals surface area contributed by atoms with Crippen molar-refractivity contribution in [2.24, 2.45) is 0 Å². The molecule has 0 aliphatic rings. The van der Waals surface area contributed by atoms with Gasteiger partial charge in [-0.1, -0.05) is 6.07 Å². The summed E-state index contributed by atoms with van der Waals surface area (Å²) >= 11 is 0. The summed E-state index contributed by atoms with van der Waals surface area (Å²) in [5.74, 6) is 0.365. The Labute approximate surface area is 76.0 Å². The van der Waals surface area contributed by atoms with E-state index < -0.39 is 12.4 Å². The highest BCUT2D eigenvalue weighted by atomic mass is 16.6. The number of ether oxygens (including phenoxy) is 1. The van der Waals surface area contributed by atoms with Gasteiger partial charge in [-0.3, -0.25) is 0 Å². The molecule has 1 aromatic carbocycles. The number of aliphatic hydroxyl groups excluding tert-OH is 2. The molecular weight excluding hydrogens is 172 g/mol. The molecule has 0 saturated carbocycles. The third-order valence-corrected chi connectivity index (χ3v) is 1.49. The lowest BCUT2D eigenvalue weighted by Crippen LogP contribution is -2.28. The largest absolute Gasteiger partial charge is 0.508 e. The Morgan fingerprint density at radius 2 is 2.00 bits per heavy atom. The van der Waals surface area contributed by atoms with Gasteiger partial charge in [0.15, 0.2) is 0 Å². The highest BCUT2D eigenvalue weighted by molar-refractivity contribution is 5.31. The van der Waals surface area contributed by atoms with Gasteiger partial charge in [-0.05, 0) is 19.1 Å². The fourth-order valence-electron chi connectivity index (χ4n) is 0.795. The fraction of sp³-hybridized carbons (Fsp3) is 0.333. The molecule has 0 aliphatic carbocycles. The van der Waals surface area contributed by atoms with Crippen LogP contribution in [0.5, 0.6) is 11.5 Å². The molecule has 3 N–H and O–H groups in total. The summed E-state index contributed by atoms with van der Waals surface area (Å²) in [5, 5.41) is 27.1. The van der Waals surface area contributed by atoms with Crippen molar-refractivity contribution in [2.75, 3.05) is 0 Å². The Morgan fingerprint density at radius 3 is 2.54 bits per heavy atom. The Balaban J connectivity index is 2.64. The molecule has 0 bridgehead atoms. The van der Waals surface area contributed by atoms with Crippen molar-refractivity contribution in [3.8, 4) is 11.5 Å². The first-order valence-corrected chi connectivity index (χ1v) is 3.91. The van der Waals surface area contributed by atoms with Crippen LogP contribution in [0.4, 0.5) is 0 Å². The third kappa shape index (κ3) is 2.93. The zero-order chi connectivity index (χ0) is 9.84. The molecule has 4 nitrogen and oxygen atoms in total. The van der Waals surface area contributed by atoms with Gasteiger partial charge >= 0.3 is 0 Å². The molecule has 0 radical (unpaired) electrons. The first-order chi connectivity index (χ1) is 6.09. The highest BCUT2D eigenvalue weighted by Crippen LogP contribution is 2.18. The molecule has 2 unspecified atom stereocenters. The minimum atomic E-state index is -1.28. The van der Waals surface area contributed by atoms with Crippen LogP contribution in [0.25, 0.3) is 0 Å². The molecule has 13 heavy (non-hydrogen) atoms. The van der Waals surface area contributed by atoms with Crippen molar-refractivity contribution in [3.63, 3.8) is 0 Å². The van der Waals surface area contributed by atoms with Gasteiger partial charge in [0.05, 0.1) is 0 Å². The van der Waals surface area contributed by atoms with Crippen LogP contribution in [0.1, 0.15) is 6.92 Å². The maximum Gasteiger partial charge on any atom is 0.223 e. The number of benzene rings is 1. The average molecular weight is 184 g/mol. The Kier molecular flexibility index (Phi) is 3.11. The van der Waals surface area contributed by atoms with Gasteiger partial charge in [-0.25, -0.2) is 0 Å². The predicted octanol–water partition coefficient (Wildman–Crippen LogP) is 0.470. The van der Waals surface area contributed by atoms with Gasteiger partial charge in [0.2, 0.25) is 6.29 Å². The quantitative estimate of drug-likeness (QED) is 0.597. The molecule has 0 aromatic heterocycles. The van der Waals surface area contributed by atoms with Crippen LogP contribution in [0.15, 0.2) is 24.3 Å². The lowest BCUT2D eigenvalue weighted by molar-refractivity contribution is -0.0959. The van der Waals surface area contributed by atoms with Crippen LogP contribution in [-0.2, 0) is 0 Å². The number of hydrogen-bond acceptors (Lipinski definition) is 4. The van der Waals surface area contributed by atoms with Crippen LogP contribution in [0.2, 0.25) is 0 Å². The Morgan fingerprint density at radius 1 is 1.31 bits per heavy atom. The van der Waals surface area contributed by atoms with Crippen molar-refractivity contribution < 1.29 is 20.1 Å². The summed E-state index contributed by atoms with van der Waals surface area (Å²) in [4.78, 5) is 0. The summed E-state index contributed by atoms with van der Waals surface area (Å²) in [7, 11) is 0. The van der Waals surface area contributed by atoms with E-state index >= 15 is 0 Å². The smallest absolute Gasteiger partial charge is 0.223 e. The van der Waals surface area contributed by atoms with Crippen LogP contribution in [0, 0.1) is 0 Å². The van der Waals surface area contributed by atoms with Crippen LogP contribution in [0.3, 0.4) is 0 Å². The fourth-order valence-corrected chi connectivity index (χ4v) is 0.795. The van der Waals surface area contributed by atoms with E-state index in [0.29, 0.717) is 5.75 Å². The molecule has 0 heterocycles. The minimum absolute atomic E-state index is 0.0512.